The average Bonchev–Trinajstić information content (AvgIpc) is 2.38. The minimum Gasteiger partial charge on any atom is -0.272 e. The Morgan fingerprint density at radius 1 is 1.39 bits per heavy atom. The highest BCUT2D eigenvalue weighted by Crippen LogP contribution is 2.15. The number of rotatable bonds is 6. The Balaban J connectivity index is 2.25. The topological polar surface area (TPSA) is 41.5 Å². The molecular formula is C13H17ClN2OS. The molecule has 0 aromatic heterocycles. The first kappa shape index (κ1) is 15.1. The summed E-state index contributed by atoms with van der Waals surface area (Å²) in [5.41, 5.74) is 4.62. The molecule has 0 saturated carbocycles. The van der Waals surface area contributed by atoms with Gasteiger partial charge in [0, 0.05) is 16.5 Å². The van der Waals surface area contributed by atoms with E-state index in [0.29, 0.717) is 5.75 Å². The fraction of sp³-hybridized carbons (Fsp3) is 0.385. The zero-order chi connectivity index (χ0) is 13.4. The molecule has 0 saturated heterocycles. The van der Waals surface area contributed by atoms with E-state index in [4.69, 9.17) is 11.6 Å². The third-order valence-electron chi connectivity index (χ3n) is 2.30. The van der Waals surface area contributed by atoms with E-state index in [1.807, 2.05) is 38.1 Å². The fourth-order valence-electron chi connectivity index (χ4n) is 1.11. The van der Waals surface area contributed by atoms with Crippen molar-refractivity contribution in [1.29, 1.82) is 0 Å². The molecule has 0 unspecified atom stereocenters. The molecule has 0 bridgehead atoms. The molecule has 1 aromatic rings. The lowest BCUT2D eigenvalue weighted by molar-refractivity contribution is -0.118. The van der Waals surface area contributed by atoms with Crippen LogP contribution in [0.15, 0.2) is 29.4 Å². The summed E-state index contributed by atoms with van der Waals surface area (Å²) in [6, 6.07) is 7.64. The second-order valence-electron chi connectivity index (χ2n) is 3.85. The Morgan fingerprint density at radius 2 is 2.06 bits per heavy atom. The van der Waals surface area contributed by atoms with E-state index in [0.717, 1.165) is 28.5 Å². The van der Waals surface area contributed by atoms with Crippen LogP contribution >= 0.6 is 23.4 Å². The quantitative estimate of drug-likeness (QED) is 0.642. The van der Waals surface area contributed by atoms with Crippen LogP contribution in [0.4, 0.5) is 0 Å². The molecule has 5 heteroatoms. The van der Waals surface area contributed by atoms with Crippen LogP contribution in [0.3, 0.4) is 0 Å². The maximum atomic E-state index is 11.4. The third-order valence-corrected chi connectivity index (χ3v) is 3.55. The molecule has 0 spiro atoms. The molecule has 1 amide bonds. The molecule has 0 aliphatic carbocycles. The maximum Gasteiger partial charge on any atom is 0.250 e. The molecule has 0 fully saturated rings. The van der Waals surface area contributed by atoms with Gasteiger partial charge in [-0.05, 0) is 31.0 Å². The van der Waals surface area contributed by atoms with Gasteiger partial charge >= 0.3 is 0 Å². The zero-order valence-corrected chi connectivity index (χ0v) is 12.1. The van der Waals surface area contributed by atoms with Crippen LogP contribution in [0.25, 0.3) is 0 Å². The Kier molecular flexibility index (Phi) is 6.83. The van der Waals surface area contributed by atoms with Gasteiger partial charge in [0.15, 0.2) is 0 Å². The molecule has 0 aliphatic heterocycles. The number of hydrogen-bond acceptors (Lipinski definition) is 3. The van der Waals surface area contributed by atoms with Crippen molar-refractivity contribution < 1.29 is 4.79 Å². The standard InChI is InChI=1S/C13H17ClN2OS/c1-3-10(2)15-16-13(17)9-18-8-11-4-6-12(14)7-5-11/h4-7H,3,8-9H2,1-2H3,(H,16,17)/b15-10-. The Hall–Kier alpha value is -1.00. The van der Waals surface area contributed by atoms with E-state index in [-0.39, 0.29) is 5.91 Å². The fourth-order valence-corrected chi connectivity index (χ4v) is 2.02. The van der Waals surface area contributed by atoms with Crippen molar-refractivity contribution in [2.24, 2.45) is 5.10 Å². The molecule has 0 radical (unpaired) electrons. The van der Waals surface area contributed by atoms with Crippen molar-refractivity contribution in [3.63, 3.8) is 0 Å². The summed E-state index contributed by atoms with van der Waals surface area (Å²) in [5, 5.41) is 4.69. The van der Waals surface area contributed by atoms with E-state index in [1.54, 1.807) is 11.8 Å². The molecule has 3 nitrogen and oxygen atoms in total. The molecule has 1 N–H and O–H groups in total. The minimum atomic E-state index is -0.0678. The molecule has 1 aromatic carbocycles. The van der Waals surface area contributed by atoms with E-state index >= 15 is 0 Å². The second kappa shape index (κ2) is 8.16. The predicted molar refractivity (Wildman–Crippen MR) is 79.2 cm³/mol. The van der Waals surface area contributed by atoms with Crippen LogP contribution in [0.5, 0.6) is 0 Å². The first-order chi connectivity index (χ1) is 8.61. The number of halogens is 1. The van der Waals surface area contributed by atoms with Gasteiger partial charge in [-0.15, -0.1) is 11.8 Å². The summed E-state index contributed by atoms with van der Waals surface area (Å²) in [5.74, 6) is 1.13. The summed E-state index contributed by atoms with van der Waals surface area (Å²) >= 11 is 7.35. The van der Waals surface area contributed by atoms with Crippen LogP contribution < -0.4 is 5.43 Å². The van der Waals surface area contributed by atoms with Crippen LogP contribution in [0.2, 0.25) is 5.02 Å². The molecule has 18 heavy (non-hydrogen) atoms. The lowest BCUT2D eigenvalue weighted by Gasteiger charge is -2.02. The highest BCUT2D eigenvalue weighted by Gasteiger charge is 2.01. The van der Waals surface area contributed by atoms with Gasteiger partial charge in [-0.1, -0.05) is 30.7 Å². The lowest BCUT2D eigenvalue weighted by atomic mass is 10.2. The summed E-state index contributed by atoms with van der Waals surface area (Å²) < 4.78 is 0. The number of carbonyl (C=O) groups is 1. The average molecular weight is 285 g/mol. The largest absolute Gasteiger partial charge is 0.272 e. The van der Waals surface area contributed by atoms with Crippen LogP contribution in [0, 0.1) is 0 Å². The van der Waals surface area contributed by atoms with Crippen molar-refractivity contribution in [2.45, 2.75) is 26.0 Å². The minimum absolute atomic E-state index is 0.0678. The number of hydrogen-bond donors (Lipinski definition) is 1. The number of amides is 1. The van der Waals surface area contributed by atoms with Gasteiger partial charge in [-0.3, -0.25) is 4.79 Å². The van der Waals surface area contributed by atoms with Crippen LogP contribution in [0.1, 0.15) is 25.8 Å². The van der Waals surface area contributed by atoms with Gasteiger partial charge < -0.3 is 0 Å². The molecule has 1 rings (SSSR count). The van der Waals surface area contributed by atoms with Crippen molar-refractivity contribution in [1.82, 2.24) is 5.43 Å². The van der Waals surface area contributed by atoms with Crippen LogP contribution in [-0.4, -0.2) is 17.4 Å². The van der Waals surface area contributed by atoms with E-state index in [9.17, 15) is 4.79 Å². The normalized spacial score (nSPS) is 11.4. The summed E-state index contributed by atoms with van der Waals surface area (Å²) in [6.45, 7) is 3.89. The molecule has 98 valence electrons. The monoisotopic (exact) mass is 284 g/mol. The van der Waals surface area contributed by atoms with E-state index < -0.39 is 0 Å². The number of thioether (sulfide) groups is 1. The number of benzene rings is 1. The van der Waals surface area contributed by atoms with Crippen molar-refractivity contribution in [2.75, 3.05) is 5.75 Å². The Labute approximate surface area is 117 Å². The SMILES string of the molecule is CC/C(C)=N\NC(=O)CSCc1ccc(Cl)cc1. The number of hydrazone groups is 1. The molecule has 0 atom stereocenters. The second-order valence-corrected chi connectivity index (χ2v) is 5.28. The van der Waals surface area contributed by atoms with Gasteiger partial charge in [0.1, 0.15) is 0 Å². The smallest absolute Gasteiger partial charge is 0.250 e. The molecular weight excluding hydrogens is 268 g/mol. The summed E-state index contributed by atoms with van der Waals surface area (Å²) in [7, 11) is 0. The van der Waals surface area contributed by atoms with Crippen molar-refractivity contribution in [3.8, 4) is 0 Å². The highest BCUT2D eigenvalue weighted by molar-refractivity contribution is 7.99. The first-order valence-corrected chi connectivity index (χ1v) is 7.29. The van der Waals surface area contributed by atoms with Crippen molar-refractivity contribution >= 4 is 35.0 Å². The van der Waals surface area contributed by atoms with E-state index in [2.05, 4.69) is 10.5 Å². The number of carbonyl (C=O) groups excluding carboxylic acids is 1. The number of nitrogens with zero attached hydrogens (tertiary/aromatic N) is 1. The maximum absolute atomic E-state index is 11.4. The highest BCUT2D eigenvalue weighted by atomic mass is 35.5. The van der Waals surface area contributed by atoms with Crippen molar-refractivity contribution in [3.05, 3.63) is 34.9 Å². The zero-order valence-electron chi connectivity index (χ0n) is 10.6. The predicted octanol–water partition coefficient (Wildman–Crippen LogP) is 3.48. The molecule has 0 aliphatic rings. The number of nitrogens with one attached hydrogen (secondary N) is 1. The van der Waals surface area contributed by atoms with E-state index in [1.165, 1.54) is 0 Å². The van der Waals surface area contributed by atoms with Gasteiger partial charge in [0.2, 0.25) is 5.91 Å². The summed E-state index contributed by atoms with van der Waals surface area (Å²) in [4.78, 5) is 11.4. The van der Waals surface area contributed by atoms with Gasteiger partial charge in [-0.25, -0.2) is 5.43 Å². The Bertz CT molecular complexity index is 418. The summed E-state index contributed by atoms with van der Waals surface area (Å²) in [6.07, 6.45) is 0.845. The van der Waals surface area contributed by atoms with Gasteiger partial charge in [-0.2, -0.15) is 5.10 Å². The third kappa shape index (κ3) is 6.07. The van der Waals surface area contributed by atoms with Gasteiger partial charge in [0.25, 0.3) is 0 Å². The molecule has 0 heterocycles. The first-order valence-electron chi connectivity index (χ1n) is 5.76. The van der Waals surface area contributed by atoms with Gasteiger partial charge in [0.05, 0.1) is 5.75 Å². The van der Waals surface area contributed by atoms with Crippen LogP contribution in [-0.2, 0) is 10.5 Å². The Morgan fingerprint density at radius 3 is 2.67 bits per heavy atom. The lowest BCUT2D eigenvalue weighted by Crippen LogP contribution is -2.20.